The number of ether oxygens (including phenoxy) is 1. The summed E-state index contributed by atoms with van der Waals surface area (Å²) in [5.74, 6) is 0.681. The molecule has 0 saturated heterocycles. The fourth-order valence-electron chi connectivity index (χ4n) is 1.75. The van der Waals surface area contributed by atoms with Crippen molar-refractivity contribution in [3.05, 3.63) is 83.4 Å². The Morgan fingerprint density at radius 3 is 2.67 bits per heavy atom. The number of ketones is 1. The fourth-order valence-corrected chi connectivity index (χ4v) is 1.87. The highest BCUT2D eigenvalue weighted by Gasteiger charge is 2.01. The summed E-state index contributed by atoms with van der Waals surface area (Å²) < 4.78 is 5.45. The number of allylic oxidation sites excluding steroid dienone is 1. The Hall–Kier alpha value is -2.32. The second-order valence-corrected chi connectivity index (χ2v) is 4.81. The van der Waals surface area contributed by atoms with E-state index in [1.165, 1.54) is 6.08 Å². The molecule has 2 aromatic carbocycles. The number of benzene rings is 2. The maximum Gasteiger partial charge on any atom is 0.185 e. The van der Waals surface area contributed by atoms with E-state index in [0.29, 0.717) is 17.2 Å². The molecule has 0 bridgehead atoms. The summed E-state index contributed by atoms with van der Waals surface area (Å²) in [6, 6.07) is 14.3. The summed E-state index contributed by atoms with van der Waals surface area (Å²) >= 11 is 5.80. The van der Waals surface area contributed by atoms with Crippen LogP contribution in [0.2, 0.25) is 5.02 Å². The molecular weight excluding hydrogens is 284 g/mol. The maximum atomic E-state index is 12.0. The number of halogens is 1. The van der Waals surface area contributed by atoms with E-state index < -0.39 is 0 Å². The topological polar surface area (TPSA) is 26.3 Å². The Balaban J connectivity index is 2.08. The van der Waals surface area contributed by atoms with Crippen LogP contribution in [0.25, 0.3) is 6.08 Å². The highest BCUT2D eigenvalue weighted by Crippen LogP contribution is 2.15. The van der Waals surface area contributed by atoms with Crippen molar-refractivity contribution in [2.45, 2.75) is 0 Å². The number of rotatable bonds is 6. The van der Waals surface area contributed by atoms with Crippen molar-refractivity contribution in [1.82, 2.24) is 0 Å². The molecule has 0 saturated carbocycles. The van der Waals surface area contributed by atoms with Gasteiger partial charge in [-0.15, -0.1) is 0 Å². The molecule has 0 atom stereocenters. The van der Waals surface area contributed by atoms with Gasteiger partial charge in [-0.25, -0.2) is 0 Å². The summed E-state index contributed by atoms with van der Waals surface area (Å²) in [6.45, 7) is 4.06. The van der Waals surface area contributed by atoms with Gasteiger partial charge in [0.25, 0.3) is 0 Å². The van der Waals surface area contributed by atoms with E-state index >= 15 is 0 Å². The summed E-state index contributed by atoms with van der Waals surface area (Å²) in [7, 11) is 0. The van der Waals surface area contributed by atoms with E-state index in [2.05, 4.69) is 6.58 Å². The van der Waals surface area contributed by atoms with Gasteiger partial charge in [0.15, 0.2) is 5.78 Å². The smallest absolute Gasteiger partial charge is 0.185 e. The molecule has 2 aromatic rings. The molecule has 0 heterocycles. The molecule has 0 aliphatic carbocycles. The van der Waals surface area contributed by atoms with Crippen LogP contribution in [0, 0.1) is 0 Å². The first-order valence-electron chi connectivity index (χ1n) is 6.51. The minimum absolute atomic E-state index is 0.0657. The normalized spacial score (nSPS) is 10.5. The summed E-state index contributed by atoms with van der Waals surface area (Å²) in [6.07, 6.45) is 4.99. The average Bonchev–Trinajstić information content (AvgIpc) is 2.52. The molecule has 3 heteroatoms. The van der Waals surface area contributed by atoms with Crippen LogP contribution in [0.15, 0.2) is 67.3 Å². The van der Waals surface area contributed by atoms with Crippen LogP contribution >= 0.6 is 11.6 Å². The molecule has 0 amide bonds. The first-order chi connectivity index (χ1) is 10.2. The molecule has 2 rings (SSSR count). The highest BCUT2D eigenvalue weighted by molar-refractivity contribution is 6.30. The van der Waals surface area contributed by atoms with E-state index in [9.17, 15) is 4.79 Å². The van der Waals surface area contributed by atoms with Crippen LogP contribution in [0.5, 0.6) is 5.75 Å². The lowest BCUT2D eigenvalue weighted by Crippen LogP contribution is -1.94. The minimum Gasteiger partial charge on any atom is -0.490 e. The van der Waals surface area contributed by atoms with Crippen molar-refractivity contribution in [2.24, 2.45) is 0 Å². The van der Waals surface area contributed by atoms with E-state index in [4.69, 9.17) is 16.3 Å². The predicted octanol–water partition coefficient (Wildman–Crippen LogP) is 4.80. The molecule has 0 unspecified atom stereocenters. The van der Waals surface area contributed by atoms with E-state index in [1.54, 1.807) is 36.4 Å². The number of carbonyl (C=O) groups is 1. The van der Waals surface area contributed by atoms with Crippen molar-refractivity contribution in [1.29, 1.82) is 0 Å². The molecule has 0 aliphatic heterocycles. The second kappa shape index (κ2) is 7.46. The third kappa shape index (κ3) is 4.62. The van der Waals surface area contributed by atoms with Crippen LogP contribution in [-0.4, -0.2) is 12.4 Å². The van der Waals surface area contributed by atoms with Gasteiger partial charge < -0.3 is 4.74 Å². The van der Waals surface area contributed by atoms with Crippen LogP contribution in [-0.2, 0) is 0 Å². The SMILES string of the molecule is C=CCOc1cccc(/C=C/C(=O)c2ccc(Cl)cc2)c1. The van der Waals surface area contributed by atoms with Gasteiger partial charge in [-0.2, -0.15) is 0 Å². The van der Waals surface area contributed by atoms with Crippen LogP contribution in [0.3, 0.4) is 0 Å². The highest BCUT2D eigenvalue weighted by atomic mass is 35.5. The van der Waals surface area contributed by atoms with Gasteiger partial charge in [0.2, 0.25) is 0 Å². The largest absolute Gasteiger partial charge is 0.490 e. The second-order valence-electron chi connectivity index (χ2n) is 4.38. The molecular formula is C18H15ClO2. The quantitative estimate of drug-likeness (QED) is 0.435. The number of hydrogen-bond donors (Lipinski definition) is 0. The molecule has 21 heavy (non-hydrogen) atoms. The summed E-state index contributed by atoms with van der Waals surface area (Å²) in [5.41, 5.74) is 1.51. The Labute approximate surface area is 129 Å². The lowest BCUT2D eigenvalue weighted by molar-refractivity contribution is 0.104. The third-order valence-electron chi connectivity index (χ3n) is 2.78. The van der Waals surface area contributed by atoms with Crippen molar-refractivity contribution in [3.63, 3.8) is 0 Å². The Morgan fingerprint density at radius 2 is 1.95 bits per heavy atom. The van der Waals surface area contributed by atoms with Crippen LogP contribution < -0.4 is 4.74 Å². The first-order valence-corrected chi connectivity index (χ1v) is 6.88. The monoisotopic (exact) mass is 298 g/mol. The number of hydrogen-bond acceptors (Lipinski definition) is 2. The molecule has 0 aromatic heterocycles. The van der Waals surface area contributed by atoms with Crippen molar-refractivity contribution >= 4 is 23.5 Å². The molecule has 0 N–H and O–H groups in total. The summed E-state index contributed by atoms with van der Waals surface area (Å²) in [4.78, 5) is 12.0. The van der Waals surface area contributed by atoms with Gasteiger partial charge in [-0.1, -0.05) is 42.5 Å². The van der Waals surface area contributed by atoms with Gasteiger partial charge in [0, 0.05) is 10.6 Å². The molecule has 106 valence electrons. The summed E-state index contributed by atoms with van der Waals surface area (Å²) in [5, 5.41) is 0.614. The molecule has 0 radical (unpaired) electrons. The van der Waals surface area contributed by atoms with Gasteiger partial charge in [-0.3, -0.25) is 4.79 Å². The molecule has 0 fully saturated rings. The van der Waals surface area contributed by atoms with Crippen LogP contribution in [0.4, 0.5) is 0 Å². The van der Waals surface area contributed by atoms with E-state index in [0.717, 1.165) is 11.3 Å². The Bertz CT molecular complexity index is 657. The number of carbonyl (C=O) groups excluding carboxylic acids is 1. The molecule has 0 aliphatic rings. The lowest BCUT2D eigenvalue weighted by atomic mass is 10.1. The molecule has 2 nitrogen and oxygen atoms in total. The Morgan fingerprint density at radius 1 is 1.19 bits per heavy atom. The van der Waals surface area contributed by atoms with E-state index in [1.807, 2.05) is 24.3 Å². The Kier molecular flexibility index (Phi) is 5.35. The van der Waals surface area contributed by atoms with Gasteiger partial charge in [-0.05, 0) is 48.0 Å². The van der Waals surface area contributed by atoms with Crippen molar-refractivity contribution < 1.29 is 9.53 Å². The first kappa shape index (κ1) is 15.1. The average molecular weight is 299 g/mol. The van der Waals surface area contributed by atoms with E-state index in [-0.39, 0.29) is 5.78 Å². The van der Waals surface area contributed by atoms with Crippen molar-refractivity contribution in [3.8, 4) is 5.75 Å². The molecule has 0 spiro atoms. The van der Waals surface area contributed by atoms with Gasteiger partial charge in [0.1, 0.15) is 12.4 Å². The van der Waals surface area contributed by atoms with Gasteiger partial charge in [0.05, 0.1) is 0 Å². The predicted molar refractivity (Wildman–Crippen MR) is 87.0 cm³/mol. The zero-order valence-electron chi connectivity index (χ0n) is 11.5. The standard InChI is InChI=1S/C18H15ClO2/c1-2-12-21-17-5-3-4-14(13-17)6-11-18(20)15-7-9-16(19)10-8-15/h2-11,13H,1,12H2/b11-6+. The van der Waals surface area contributed by atoms with Gasteiger partial charge >= 0.3 is 0 Å². The minimum atomic E-state index is -0.0657. The zero-order chi connectivity index (χ0) is 15.1. The van der Waals surface area contributed by atoms with Crippen LogP contribution in [0.1, 0.15) is 15.9 Å². The zero-order valence-corrected chi connectivity index (χ0v) is 12.2. The van der Waals surface area contributed by atoms with Crippen molar-refractivity contribution in [2.75, 3.05) is 6.61 Å². The maximum absolute atomic E-state index is 12.0. The fraction of sp³-hybridized carbons (Fsp3) is 0.0556. The third-order valence-corrected chi connectivity index (χ3v) is 3.03. The lowest BCUT2D eigenvalue weighted by Gasteiger charge is -2.03.